The van der Waals surface area contributed by atoms with Gasteiger partial charge in [0.1, 0.15) is 0 Å². The van der Waals surface area contributed by atoms with Gasteiger partial charge in [0, 0.05) is 31.6 Å². The van der Waals surface area contributed by atoms with E-state index in [0.717, 1.165) is 13.0 Å². The number of anilines is 2. The van der Waals surface area contributed by atoms with Crippen LogP contribution in [0.3, 0.4) is 0 Å². The second-order valence-corrected chi connectivity index (χ2v) is 3.44. The van der Waals surface area contributed by atoms with E-state index in [4.69, 9.17) is 16.2 Å². The molecule has 16 heavy (non-hydrogen) atoms. The van der Waals surface area contributed by atoms with Gasteiger partial charge < -0.3 is 21.5 Å². The van der Waals surface area contributed by atoms with Crippen molar-refractivity contribution in [1.82, 2.24) is 0 Å². The largest absolute Gasteiger partial charge is 0.399 e. The number of amides is 1. The first-order chi connectivity index (χ1) is 7.65. The molecule has 0 saturated carbocycles. The van der Waals surface area contributed by atoms with Gasteiger partial charge in [-0.3, -0.25) is 4.79 Å². The van der Waals surface area contributed by atoms with Crippen LogP contribution in [-0.2, 0) is 4.74 Å². The number of hydrogen-bond acceptors (Lipinski definition) is 4. The zero-order valence-corrected chi connectivity index (χ0v) is 9.32. The van der Waals surface area contributed by atoms with E-state index in [1.165, 1.54) is 0 Å². The van der Waals surface area contributed by atoms with Crippen LogP contribution < -0.4 is 16.8 Å². The maximum absolute atomic E-state index is 11.2. The number of ether oxygens (including phenoxy) is 1. The summed E-state index contributed by atoms with van der Waals surface area (Å²) in [5.74, 6) is -0.485. The standard InChI is InChI=1S/C11H17N3O2/c1-16-6-2-5-14-10-4-3-8(12)7-9(10)11(13)15/h3-4,7,14H,2,5-6,12H2,1H3,(H2,13,15). The number of methoxy groups -OCH3 is 1. The molecule has 5 nitrogen and oxygen atoms in total. The van der Waals surface area contributed by atoms with Crippen molar-refractivity contribution >= 4 is 17.3 Å². The molecular formula is C11H17N3O2. The molecule has 0 atom stereocenters. The van der Waals surface area contributed by atoms with Gasteiger partial charge >= 0.3 is 0 Å². The van der Waals surface area contributed by atoms with Gasteiger partial charge in [-0.25, -0.2) is 0 Å². The first kappa shape index (κ1) is 12.3. The van der Waals surface area contributed by atoms with Crippen LogP contribution in [0.25, 0.3) is 0 Å². The summed E-state index contributed by atoms with van der Waals surface area (Å²) >= 11 is 0. The summed E-state index contributed by atoms with van der Waals surface area (Å²) in [7, 11) is 1.65. The molecule has 1 amide bonds. The fraction of sp³-hybridized carbons (Fsp3) is 0.364. The van der Waals surface area contributed by atoms with Gasteiger partial charge in [0.2, 0.25) is 0 Å². The maximum atomic E-state index is 11.2. The van der Waals surface area contributed by atoms with E-state index in [9.17, 15) is 4.79 Å². The SMILES string of the molecule is COCCCNc1ccc(N)cc1C(N)=O. The van der Waals surface area contributed by atoms with E-state index < -0.39 is 5.91 Å². The van der Waals surface area contributed by atoms with Crippen molar-refractivity contribution in [2.75, 3.05) is 31.3 Å². The average molecular weight is 223 g/mol. The van der Waals surface area contributed by atoms with Gasteiger partial charge in [0.25, 0.3) is 5.91 Å². The molecule has 0 radical (unpaired) electrons. The Balaban J connectivity index is 2.67. The van der Waals surface area contributed by atoms with E-state index in [1.807, 2.05) is 0 Å². The van der Waals surface area contributed by atoms with Crippen LogP contribution >= 0.6 is 0 Å². The van der Waals surface area contributed by atoms with Crippen molar-refractivity contribution in [3.05, 3.63) is 23.8 Å². The van der Waals surface area contributed by atoms with Crippen molar-refractivity contribution in [3.8, 4) is 0 Å². The van der Waals surface area contributed by atoms with Crippen molar-refractivity contribution in [1.29, 1.82) is 0 Å². The predicted molar refractivity (Wildman–Crippen MR) is 64.4 cm³/mol. The van der Waals surface area contributed by atoms with E-state index in [1.54, 1.807) is 25.3 Å². The smallest absolute Gasteiger partial charge is 0.250 e. The molecule has 0 aliphatic carbocycles. The normalized spacial score (nSPS) is 10.1. The Labute approximate surface area is 94.8 Å². The molecule has 0 aliphatic heterocycles. The third-order valence-corrected chi connectivity index (χ3v) is 2.15. The number of carbonyl (C=O) groups is 1. The van der Waals surface area contributed by atoms with Crippen LogP contribution in [0, 0.1) is 0 Å². The van der Waals surface area contributed by atoms with Crippen molar-refractivity contribution < 1.29 is 9.53 Å². The van der Waals surface area contributed by atoms with Gasteiger partial charge in [-0.05, 0) is 24.6 Å². The molecule has 5 heteroatoms. The highest BCUT2D eigenvalue weighted by molar-refractivity contribution is 5.99. The lowest BCUT2D eigenvalue weighted by Crippen LogP contribution is -2.15. The van der Waals surface area contributed by atoms with Gasteiger partial charge in [-0.15, -0.1) is 0 Å². The Bertz CT molecular complexity index is 366. The zero-order chi connectivity index (χ0) is 12.0. The number of carbonyl (C=O) groups excluding carboxylic acids is 1. The summed E-state index contributed by atoms with van der Waals surface area (Å²) in [6.45, 7) is 1.39. The van der Waals surface area contributed by atoms with Gasteiger partial charge in [-0.2, -0.15) is 0 Å². The van der Waals surface area contributed by atoms with E-state index in [-0.39, 0.29) is 0 Å². The summed E-state index contributed by atoms with van der Waals surface area (Å²) in [4.78, 5) is 11.2. The lowest BCUT2D eigenvalue weighted by atomic mass is 10.1. The number of nitrogens with one attached hydrogen (secondary N) is 1. The molecule has 1 rings (SSSR count). The average Bonchev–Trinajstić information content (AvgIpc) is 2.26. The number of nitrogen functional groups attached to an aromatic ring is 1. The number of benzene rings is 1. The van der Waals surface area contributed by atoms with Crippen LogP contribution in [-0.4, -0.2) is 26.2 Å². The third-order valence-electron chi connectivity index (χ3n) is 2.15. The van der Waals surface area contributed by atoms with Crippen LogP contribution in [0.1, 0.15) is 16.8 Å². The minimum absolute atomic E-state index is 0.414. The molecule has 0 unspecified atom stereocenters. The lowest BCUT2D eigenvalue weighted by molar-refractivity contribution is 0.100. The van der Waals surface area contributed by atoms with E-state index >= 15 is 0 Å². The lowest BCUT2D eigenvalue weighted by Gasteiger charge is -2.10. The highest BCUT2D eigenvalue weighted by Gasteiger charge is 2.07. The number of primary amides is 1. The van der Waals surface area contributed by atoms with Crippen LogP contribution in [0.15, 0.2) is 18.2 Å². The van der Waals surface area contributed by atoms with Gasteiger partial charge in [0.05, 0.1) is 5.56 Å². The molecule has 1 aromatic rings. The monoisotopic (exact) mass is 223 g/mol. The molecule has 0 fully saturated rings. The molecular weight excluding hydrogens is 206 g/mol. The van der Waals surface area contributed by atoms with Crippen LogP contribution in [0.4, 0.5) is 11.4 Å². The molecule has 0 heterocycles. The molecule has 88 valence electrons. The van der Waals surface area contributed by atoms with Crippen molar-refractivity contribution in [2.24, 2.45) is 5.73 Å². The Morgan fingerprint density at radius 1 is 1.50 bits per heavy atom. The Kier molecular flexibility index (Phi) is 4.60. The number of hydrogen-bond donors (Lipinski definition) is 3. The summed E-state index contributed by atoms with van der Waals surface area (Å²) < 4.78 is 4.92. The zero-order valence-electron chi connectivity index (χ0n) is 9.32. The van der Waals surface area contributed by atoms with Crippen LogP contribution in [0.5, 0.6) is 0 Å². The van der Waals surface area contributed by atoms with Gasteiger partial charge in [0.15, 0.2) is 0 Å². The number of rotatable bonds is 6. The number of nitrogens with two attached hydrogens (primary N) is 2. The highest BCUT2D eigenvalue weighted by atomic mass is 16.5. The Morgan fingerprint density at radius 3 is 2.88 bits per heavy atom. The minimum Gasteiger partial charge on any atom is -0.399 e. The second-order valence-electron chi connectivity index (χ2n) is 3.44. The third kappa shape index (κ3) is 3.43. The van der Waals surface area contributed by atoms with E-state index in [2.05, 4.69) is 5.32 Å². The molecule has 0 saturated heterocycles. The topological polar surface area (TPSA) is 90.4 Å². The Morgan fingerprint density at radius 2 is 2.25 bits per heavy atom. The molecule has 0 bridgehead atoms. The van der Waals surface area contributed by atoms with Crippen molar-refractivity contribution in [2.45, 2.75) is 6.42 Å². The van der Waals surface area contributed by atoms with Crippen LogP contribution in [0.2, 0.25) is 0 Å². The Hall–Kier alpha value is -1.75. The van der Waals surface area contributed by atoms with Crippen molar-refractivity contribution in [3.63, 3.8) is 0 Å². The molecule has 1 aromatic carbocycles. The predicted octanol–water partition coefficient (Wildman–Crippen LogP) is 0.816. The quantitative estimate of drug-likeness (QED) is 0.492. The fourth-order valence-electron chi connectivity index (χ4n) is 1.36. The molecule has 0 aromatic heterocycles. The van der Waals surface area contributed by atoms with Gasteiger partial charge in [-0.1, -0.05) is 0 Å². The fourth-order valence-corrected chi connectivity index (χ4v) is 1.36. The summed E-state index contributed by atoms with van der Waals surface area (Å²) in [5.41, 5.74) is 12.5. The first-order valence-electron chi connectivity index (χ1n) is 5.07. The minimum atomic E-state index is -0.485. The second kappa shape index (κ2) is 5.97. The first-order valence-corrected chi connectivity index (χ1v) is 5.07. The maximum Gasteiger partial charge on any atom is 0.250 e. The summed E-state index contributed by atoms with van der Waals surface area (Å²) in [6, 6.07) is 5.05. The van der Waals surface area contributed by atoms with E-state index in [0.29, 0.717) is 23.5 Å². The molecule has 5 N–H and O–H groups in total. The summed E-state index contributed by atoms with van der Waals surface area (Å²) in [6.07, 6.45) is 0.860. The highest BCUT2D eigenvalue weighted by Crippen LogP contribution is 2.18. The summed E-state index contributed by atoms with van der Waals surface area (Å²) in [5, 5.41) is 3.12. The molecule has 0 spiro atoms. The molecule has 0 aliphatic rings.